The van der Waals surface area contributed by atoms with Crippen molar-refractivity contribution in [3.63, 3.8) is 0 Å². The summed E-state index contributed by atoms with van der Waals surface area (Å²) in [6.07, 6.45) is 3.17. The minimum Gasteiger partial charge on any atom is -0.481 e. The van der Waals surface area contributed by atoms with Crippen molar-refractivity contribution in [2.75, 3.05) is 5.75 Å². The summed E-state index contributed by atoms with van der Waals surface area (Å²) in [5.41, 5.74) is 0. The van der Waals surface area contributed by atoms with Gasteiger partial charge in [-0.1, -0.05) is 31.5 Å². The van der Waals surface area contributed by atoms with Gasteiger partial charge in [0.1, 0.15) is 6.61 Å². The van der Waals surface area contributed by atoms with Crippen molar-refractivity contribution in [2.45, 2.75) is 44.5 Å². The predicted octanol–water partition coefficient (Wildman–Crippen LogP) is 1.14. The lowest BCUT2D eigenvalue weighted by molar-refractivity contribution is -0.133. The number of aliphatic carboxylic acids is 1. The Morgan fingerprint density at radius 3 is 2.76 bits per heavy atom. The summed E-state index contributed by atoms with van der Waals surface area (Å²) in [5.74, 6) is -0.435. The first-order valence-electron chi connectivity index (χ1n) is 5.56. The summed E-state index contributed by atoms with van der Waals surface area (Å²) in [6.45, 7) is 2.66. The van der Waals surface area contributed by atoms with Crippen LogP contribution in [0.15, 0.2) is 5.16 Å². The minimum absolute atomic E-state index is 0.0443. The highest BCUT2D eigenvalue weighted by molar-refractivity contribution is 7.99. The molecule has 0 amide bonds. The Morgan fingerprint density at radius 2 is 2.18 bits per heavy atom. The molecule has 0 spiro atoms. The second kappa shape index (κ2) is 7.29. The van der Waals surface area contributed by atoms with E-state index in [-0.39, 0.29) is 12.4 Å². The van der Waals surface area contributed by atoms with Crippen LogP contribution in [0.25, 0.3) is 0 Å². The van der Waals surface area contributed by atoms with Gasteiger partial charge in [-0.05, 0) is 6.42 Å². The van der Waals surface area contributed by atoms with Gasteiger partial charge in [-0.25, -0.2) is 0 Å². The van der Waals surface area contributed by atoms with Crippen molar-refractivity contribution in [1.82, 2.24) is 14.8 Å². The van der Waals surface area contributed by atoms with E-state index in [1.54, 1.807) is 4.57 Å². The number of hydrogen-bond acceptors (Lipinski definition) is 5. The van der Waals surface area contributed by atoms with Gasteiger partial charge in [0.2, 0.25) is 0 Å². The molecule has 0 radical (unpaired) electrons. The SMILES string of the molecule is CCCCCn1c(CO)nnc1SCC(=O)O. The summed E-state index contributed by atoms with van der Waals surface area (Å²) in [5, 5.41) is 26.0. The maximum Gasteiger partial charge on any atom is 0.313 e. The van der Waals surface area contributed by atoms with Gasteiger partial charge in [0.05, 0.1) is 5.75 Å². The van der Waals surface area contributed by atoms with E-state index in [1.165, 1.54) is 0 Å². The first-order valence-corrected chi connectivity index (χ1v) is 6.55. The summed E-state index contributed by atoms with van der Waals surface area (Å²) in [7, 11) is 0. The van der Waals surface area contributed by atoms with E-state index in [2.05, 4.69) is 17.1 Å². The van der Waals surface area contributed by atoms with E-state index in [0.29, 0.717) is 11.0 Å². The molecule has 17 heavy (non-hydrogen) atoms. The molecule has 7 heteroatoms. The number of aromatic nitrogens is 3. The molecule has 1 heterocycles. The predicted molar refractivity (Wildman–Crippen MR) is 63.8 cm³/mol. The van der Waals surface area contributed by atoms with Gasteiger partial charge >= 0.3 is 5.97 Å². The van der Waals surface area contributed by atoms with E-state index in [9.17, 15) is 4.79 Å². The molecule has 0 fully saturated rings. The largest absolute Gasteiger partial charge is 0.481 e. The lowest BCUT2D eigenvalue weighted by Gasteiger charge is -2.07. The fourth-order valence-electron chi connectivity index (χ4n) is 1.41. The number of carboxylic acid groups (broad SMARTS) is 1. The molecule has 0 aliphatic rings. The van der Waals surface area contributed by atoms with Gasteiger partial charge in [0.25, 0.3) is 0 Å². The molecule has 1 rings (SSSR count). The van der Waals surface area contributed by atoms with Crippen molar-refractivity contribution in [1.29, 1.82) is 0 Å². The second-order valence-corrected chi connectivity index (χ2v) is 4.54. The normalized spacial score (nSPS) is 10.7. The van der Waals surface area contributed by atoms with Crippen LogP contribution in [0.2, 0.25) is 0 Å². The number of aliphatic hydroxyl groups excluding tert-OH is 1. The number of unbranched alkanes of at least 4 members (excludes halogenated alkanes) is 2. The highest BCUT2D eigenvalue weighted by atomic mass is 32.2. The first kappa shape index (κ1) is 14.0. The molecule has 1 aromatic heterocycles. The lowest BCUT2D eigenvalue weighted by Crippen LogP contribution is -2.07. The third-order valence-electron chi connectivity index (χ3n) is 2.24. The fourth-order valence-corrected chi connectivity index (χ4v) is 2.12. The average Bonchev–Trinajstić information content (AvgIpc) is 2.69. The fraction of sp³-hybridized carbons (Fsp3) is 0.700. The Hall–Kier alpha value is -1.08. The van der Waals surface area contributed by atoms with Gasteiger partial charge in [0, 0.05) is 6.54 Å². The van der Waals surface area contributed by atoms with Crippen LogP contribution in [0.4, 0.5) is 0 Å². The molecule has 0 unspecified atom stereocenters. The van der Waals surface area contributed by atoms with Gasteiger partial charge in [-0.15, -0.1) is 10.2 Å². The second-order valence-electron chi connectivity index (χ2n) is 3.60. The maximum absolute atomic E-state index is 10.5. The summed E-state index contributed by atoms with van der Waals surface area (Å²) in [4.78, 5) is 10.5. The zero-order chi connectivity index (χ0) is 12.7. The van der Waals surface area contributed by atoms with Crippen molar-refractivity contribution in [2.24, 2.45) is 0 Å². The molecular formula is C10H17N3O3S. The van der Waals surface area contributed by atoms with Gasteiger partial charge in [0.15, 0.2) is 11.0 Å². The van der Waals surface area contributed by atoms with Crippen LogP contribution in [-0.2, 0) is 17.9 Å². The van der Waals surface area contributed by atoms with Crippen molar-refractivity contribution in [3.05, 3.63) is 5.82 Å². The molecule has 0 aromatic carbocycles. The number of hydrogen-bond donors (Lipinski definition) is 2. The third kappa shape index (κ3) is 4.35. The number of carboxylic acids is 1. The smallest absolute Gasteiger partial charge is 0.313 e. The Balaban J connectivity index is 2.67. The van der Waals surface area contributed by atoms with Crippen LogP contribution in [0.3, 0.4) is 0 Å². The average molecular weight is 259 g/mol. The molecule has 0 bridgehead atoms. The first-order chi connectivity index (χ1) is 8.19. The lowest BCUT2D eigenvalue weighted by atomic mass is 10.2. The quantitative estimate of drug-likeness (QED) is 0.537. The molecule has 0 saturated heterocycles. The maximum atomic E-state index is 10.5. The van der Waals surface area contributed by atoms with E-state index in [4.69, 9.17) is 10.2 Å². The Kier molecular flexibility index (Phi) is 5.99. The molecule has 1 aromatic rings. The zero-order valence-electron chi connectivity index (χ0n) is 9.80. The Morgan fingerprint density at radius 1 is 1.41 bits per heavy atom. The van der Waals surface area contributed by atoms with Gasteiger partial charge in [-0.3, -0.25) is 4.79 Å². The van der Waals surface area contributed by atoms with Crippen LogP contribution in [0.5, 0.6) is 0 Å². The van der Waals surface area contributed by atoms with Crippen LogP contribution < -0.4 is 0 Å². The topological polar surface area (TPSA) is 88.2 Å². The van der Waals surface area contributed by atoms with Crippen LogP contribution >= 0.6 is 11.8 Å². The van der Waals surface area contributed by atoms with E-state index >= 15 is 0 Å². The Labute approximate surface area is 104 Å². The van der Waals surface area contributed by atoms with Crippen molar-refractivity contribution >= 4 is 17.7 Å². The number of nitrogens with zero attached hydrogens (tertiary/aromatic N) is 3. The van der Waals surface area contributed by atoms with E-state index < -0.39 is 5.97 Å². The minimum atomic E-state index is -0.886. The number of carbonyl (C=O) groups is 1. The van der Waals surface area contributed by atoms with Crippen molar-refractivity contribution < 1.29 is 15.0 Å². The van der Waals surface area contributed by atoms with Gasteiger partial charge < -0.3 is 14.8 Å². The van der Waals surface area contributed by atoms with E-state index in [0.717, 1.165) is 37.6 Å². The molecule has 96 valence electrons. The zero-order valence-corrected chi connectivity index (χ0v) is 10.6. The summed E-state index contributed by atoms with van der Waals surface area (Å²) >= 11 is 1.13. The van der Waals surface area contributed by atoms with Crippen LogP contribution in [0, 0.1) is 0 Å². The summed E-state index contributed by atoms with van der Waals surface area (Å²) < 4.78 is 1.79. The molecule has 0 aliphatic carbocycles. The van der Waals surface area contributed by atoms with Crippen LogP contribution in [0.1, 0.15) is 32.0 Å². The van der Waals surface area contributed by atoms with E-state index in [1.807, 2.05) is 0 Å². The Bertz CT molecular complexity index is 368. The monoisotopic (exact) mass is 259 g/mol. The number of rotatable bonds is 8. The molecular weight excluding hydrogens is 242 g/mol. The van der Waals surface area contributed by atoms with Crippen LogP contribution in [-0.4, -0.2) is 36.7 Å². The summed E-state index contributed by atoms with van der Waals surface area (Å²) in [6, 6.07) is 0. The molecule has 0 atom stereocenters. The highest BCUT2D eigenvalue weighted by Gasteiger charge is 2.12. The standard InChI is InChI=1S/C10H17N3O3S/c1-2-3-4-5-13-8(6-14)11-12-10(13)17-7-9(15)16/h14H,2-7H2,1H3,(H,15,16). The molecule has 2 N–H and O–H groups in total. The molecule has 0 saturated carbocycles. The molecule has 6 nitrogen and oxygen atoms in total. The highest BCUT2D eigenvalue weighted by Crippen LogP contribution is 2.17. The van der Waals surface area contributed by atoms with Crippen molar-refractivity contribution in [3.8, 4) is 0 Å². The number of thioether (sulfide) groups is 1. The number of aliphatic hydroxyl groups is 1. The molecule has 0 aliphatic heterocycles. The third-order valence-corrected chi connectivity index (χ3v) is 3.20. The van der Waals surface area contributed by atoms with Gasteiger partial charge in [-0.2, -0.15) is 0 Å².